The van der Waals surface area contributed by atoms with Gasteiger partial charge in [-0.15, -0.1) is 0 Å². The number of nitrogens with one attached hydrogen (secondary N) is 1. The summed E-state index contributed by atoms with van der Waals surface area (Å²) in [6.07, 6.45) is 0.898. The highest BCUT2D eigenvalue weighted by molar-refractivity contribution is 5.20. The van der Waals surface area contributed by atoms with Crippen LogP contribution in [-0.4, -0.2) is 18.8 Å². The van der Waals surface area contributed by atoms with Crippen molar-refractivity contribution >= 4 is 0 Å². The van der Waals surface area contributed by atoms with Gasteiger partial charge in [-0.2, -0.15) is 0 Å². The second-order valence-corrected chi connectivity index (χ2v) is 4.21. The van der Waals surface area contributed by atoms with Gasteiger partial charge in [0.2, 0.25) is 0 Å². The fraction of sp³-hybridized carbons (Fsp3) is 0.500. The fourth-order valence-electron chi connectivity index (χ4n) is 1.94. The molecule has 2 nitrogen and oxygen atoms in total. The van der Waals surface area contributed by atoms with Crippen LogP contribution in [0.5, 0.6) is 0 Å². The van der Waals surface area contributed by atoms with Gasteiger partial charge in [0.05, 0.1) is 6.10 Å². The Morgan fingerprint density at radius 1 is 1.24 bits per heavy atom. The van der Waals surface area contributed by atoms with E-state index in [9.17, 15) is 13.2 Å². The van der Waals surface area contributed by atoms with E-state index in [0.29, 0.717) is 12.7 Å². The monoisotopic (exact) mass is 245 g/mol. The van der Waals surface area contributed by atoms with Gasteiger partial charge in [-0.1, -0.05) is 0 Å². The maximum Gasteiger partial charge on any atom is 0.161 e. The lowest BCUT2D eigenvalue weighted by atomic mass is 10.1. The van der Waals surface area contributed by atoms with E-state index in [1.54, 1.807) is 0 Å². The molecule has 1 saturated heterocycles. The molecule has 0 radical (unpaired) electrons. The first-order valence-corrected chi connectivity index (χ1v) is 5.56. The van der Waals surface area contributed by atoms with E-state index in [1.165, 1.54) is 0 Å². The van der Waals surface area contributed by atoms with Crippen LogP contribution in [0, 0.1) is 17.5 Å². The minimum absolute atomic E-state index is 0.0587. The maximum absolute atomic E-state index is 13.3. The molecule has 1 aromatic carbocycles. The van der Waals surface area contributed by atoms with E-state index in [1.807, 2.05) is 6.92 Å². The minimum atomic E-state index is -1.16. The highest BCUT2D eigenvalue weighted by Crippen LogP contribution is 2.16. The van der Waals surface area contributed by atoms with Crippen molar-refractivity contribution in [3.8, 4) is 0 Å². The van der Waals surface area contributed by atoms with Crippen LogP contribution in [0.25, 0.3) is 0 Å². The van der Waals surface area contributed by atoms with Crippen molar-refractivity contribution in [1.82, 2.24) is 5.32 Å². The molecule has 1 heterocycles. The zero-order valence-electron chi connectivity index (χ0n) is 9.47. The zero-order chi connectivity index (χ0) is 12.4. The molecule has 1 fully saturated rings. The van der Waals surface area contributed by atoms with Crippen LogP contribution in [0.4, 0.5) is 13.2 Å². The summed E-state index contributed by atoms with van der Waals surface area (Å²) in [6, 6.07) is 1.58. The second-order valence-electron chi connectivity index (χ2n) is 4.21. The van der Waals surface area contributed by atoms with E-state index in [4.69, 9.17) is 4.74 Å². The summed E-state index contributed by atoms with van der Waals surface area (Å²) in [5, 5.41) is 3.08. The SMILES string of the molecule is CC1OCCC1NCc1cc(F)c(F)cc1F. The number of hydrogen-bond donors (Lipinski definition) is 1. The normalized spacial score (nSPS) is 24.2. The van der Waals surface area contributed by atoms with Crippen LogP contribution in [0.15, 0.2) is 12.1 Å². The van der Waals surface area contributed by atoms with E-state index in [0.717, 1.165) is 12.5 Å². The minimum Gasteiger partial charge on any atom is -0.377 e. The lowest BCUT2D eigenvalue weighted by molar-refractivity contribution is 0.113. The Bertz CT molecular complexity index is 411. The average Bonchev–Trinajstić information content (AvgIpc) is 2.68. The summed E-state index contributed by atoms with van der Waals surface area (Å²) in [4.78, 5) is 0. The largest absolute Gasteiger partial charge is 0.377 e. The van der Waals surface area contributed by atoms with Gasteiger partial charge in [0, 0.05) is 30.8 Å². The number of hydrogen-bond acceptors (Lipinski definition) is 2. The van der Waals surface area contributed by atoms with Crippen molar-refractivity contribution < 1.29 is 17.9 Å². The predicted molar refractivity (Wildman–Crippen MR) is 57.0 cm³/mol. The smallest absolute Gasteiger partial charge is 0.161 e. The van der Waals surface area contributed by atoms with E-state index in [-0.39, 0.29) is 24.3 Å². The van der Waals surface area contributed by atoms with Crippen molar-refractivity contribution in [3.05, 3.63) is 35.1 Å². The fourth-order valence-corrected chi connectivity index (χ4v) is 1.94. The Hall–Kier alpha value is -1.07. The van der Waals surface area contributed by atoms with Gasteiger partial charge < -0.3 is 10.1 Å². The Morgan fingerprint density at radius 3 is 2.59 bits per heavy atom. The summed E-state index contributed by atoms with van der Waals surface area (Å²) in [5.74, 6) is -2.93. The van der Waals surface area contributed by atoms with Crippen LogP contribution >= 0.6 is 0 Å². The molecule has 1 N–H and O–H groups in total. The van der Waals surface area contributed by atoms with Crippen molar-refractivity contribution in [3.63, 3.8) is 0 Å². The summed E-state index contributed by atoms with van der Waals surface area (Å²) >= 11 is 0. The van der Waals surface area contributed by atoms with Crippen molar-refractivity contribution in [2.75, 3.05) is 6.61 Å². The van der Waals surface area contributed by atoms with Crippen LogP contribution in [0.2, 0.25) is 0 Å². The summed E-state index contributed by atoms with van der Waals surface area (Å²) in [5.41, 5.74) is 0.128. The van der Waals surface area contributed by atoms with Gasteiger partial charge in [-0.05, 0) is 19.4 Å². The Kier molecular flexibility index (Phi) is 3.69. The molecule has 1 aliphatic rings. The number of benzene rings is 1. The molecule has 0 aromatic heterocycles. The third-order valence-electron chi connectivity index (χ3n) is 3.02. The van der Waals surface area contributed by atoms with Crippen LogP contribution in [-0.2, 0) is 11.3 Å². The molecule has 1 aromatic rings. The second kappa shape index (κ2) is 5.06. The third kappa shape index (κ3) is 2.79. The van der Waals surface area contributed by atoms with Crippen LogP contribution in [0.3, 0.4) is 0 Å². The molecule has 0 bridgehead atoms. The number of halogens is 3. The van der Waals surface area contributed by atoms with Gasteiger partial charge in [-0.3, -0.25) is 0 Å². The average molecular weight is 245 g/mol. The molecular formula is C12H14F3NO. The Morgan fingerprint density at radius 2 is 1.94 bits per heavy atom. The van der Waals surface area contributed by atoms with E-state index >= 15 is 0 Å². The van der Waals surface area contributed by atoms with Crippen molar-refractivity contribution in [2.45, 2.75) is 32.0 Å². The summed E-state index contributed by atoms with van der Waals surface area (Å²) in [6.45, 7) is 2.76. The number of ether oxygens (including phenoxy) is 1. The van der Waals surface area contributed by atoms with E-state index in [2.05, 4.69) is 5.32 Å². The third-order valence-corrected chi connectivity index (χ3v) is 3.02. The maximum atomic E-state index is 13.3. The highest BCUT2D eigenvalue weighted by atomic mass is 19.2. The lowest BCUT2D eigenvalue weighted by Crippen LogP contribution is -2.34. The standard InChI is InChI=1S/C12H14F3NO/c1-7-12(2-3-17-7)16-6-8-4-10(14)11(15)5-9(8)13/h4-5,7,12,16H,2-3,6H2,1H3. The van der Waals surface area contributed by atoms with Gasteiger partial charge >= 0.3 is 0 Å². The molecule has 0 amide bonds. The number of rotatable bonds is 3. The van der Waals surface area contributed by atoms with Crippen LogP contribution in [0.1, 0.15) is 18.9 Å². The molecule has 94 valence electrons. The Labute approximate surface area is 97.8 Å². The first kappa shape index (κ1) is 12.4. The van der Waals surface area contributed by atoms with Gasteiger partial charge in [0.1, 0.15) is 5.82 Å². The molecule has 2 atom stereocenters. The first-order chi connectivity index (χ1) is 8.08. The van der Waals surface area contributed by atoms with Crippen LogP contribution < -0.4 is 5.32 Å². The molecule has 1 aliphatic heterocycles. The summed E-state index contributed by atoms with van der Waals surface area (Å²) < 4.78 is 44.3. The van der Waals surface area contributed by atoms with E-state index < -0.39 is 17.5 Å². The molecule has 0 saturated carbocycles. The quantitative estimate of drug-likeness (QED) is 0.825. The topological polar surface area (TPSA) is 21.3 Å². The molecule has 0 aliphatic carbocycles. The predicted octanol–water partition coefficient (Wildman–Crippen LogP) is 2.37. The highest BCUT2D eigenvalue weighted by Gasteiger charge is 2.23. The zero-order valence-corrected chi connectivity index (χ0v) is 9.47. The van der Waals surface area contributed by atoms with Crippen molar-refractivity contribution in [2.24, 2.45) is 0 Å². The first-order valence-electron chi connectivity index (χ1n) is 5.56. The molecular weight excluding hydrogens is 231 g/mol. The molecule has 2 rings (SSSR count). The Balaban J connectivity index is 2.01. The van der Waals surface area contributed by atoms with Crippen molar-refractivity contribution in [1.29, 1.82) is 0 Å². The molecule has 17 heavy (non-hydrogen) atoms. The lowest BCUT2D eigenvalue weighted by Gasteiger charge is -2.16. The van der Waals surface area contributed by atoms with Gasteiger partial charge in [0.15, 0.2) is 11.6 Å². The molecule has 2 unspecified atom stereocenters. The molecule has 5 heteroatoms. The summed E-state index contributed by atoms with van der Waals surface area (Å²) in [7, 11) is 0. The van der Waals surface area contributed by atoms with Gasteiger partial charge in [-0.25, -0.2) is 13.2 Å². The molecule has 0 spiro atoms. The van der Waals surface area contributed by atoms with Gasteiger partial charge in [0.25, 0.3) is 0 Å².